The average Bonchev–Trinajstić information content (AvgIpc) is 2.58. The Labute approximate surface area is 137 Å². The van der Waals surface area contributed by atoms with Gasteiger partial charge in [-0.2, -0.15) is 0 Å². The molecule has 0 saturated heterocycles. The van der Waals surface area contributed by atoms with E-state index in [9.17, 15) is 4.79 Å². The summed E-state index contributed by atoms with van der Waals surface area (Å²) >= 11 is 0. The van der Waals surface area contributed by atoms with Crippen LogP contribution < -0.4 is 0 Å². The second-order valence-corrected chi connectivity index (χ2v) is 5.52. The lowest BCUT2D eigenvalue weighted by molar-refractivity contribution is -0.137. The van der Waals surface area contributed by atoms with E-state index in [0.29, 0.717) is 19.7 Å². The van der Waals surface area contributed by atoms with E-state index in [2.05, 4.69) is 24.3 Å². The molecular formula is C19H23NO3. The molecule has 0 radical (unpaired) electrons. The van der Waals surface area contributed by atoms with Crippen LogP contribution in [-0.4, -0.2) is 42.7 Å². The lowest BCUT2D eigenvalue weighted by atomic mass is 10.0. The molecule has 0 spiro atoms. The number of ether oxygens (including phenoxy) is 1. The Morgan fingerprint density at radius 2 is 1.52 bits per heavy atom. The Morgan fingerprint density at radius 3 is 2.00 bits per heavy atom. The van der Waals surface area contributed by atoms with Gasteiger partial charge in [0.2, 0.25) is 0 Å². The molecule has 4 heteroatoms. The molecule has 0 aliphatic carbocycles. The zero-order valence-electron chi connectivity index (χ0n) is 13.4. The van der Waals surface area contributed by atoms with Gasteiger partial charge in [-0.05, 0) is 18.2 Å². The second kappa shape index (κ2) is 9.08. The predicted octanol–water partition coefficient (Wildman–Crippen LogP) is 3.20. The number of hydrogen-bond acceptors (Lipinski definition) is 3. The van der Waals surface area contributed by atoms with Crippen LogP contribution in [-0.2, 0) is 9.53 Å². The van der Waals surface area contributed by atoms with Crippen molar-refractivity contribution in [2.24, 2.45) is 0 Å². The minimum atomic E-state index is -0.774. The molecule has 122 valence electrons. The summed E-state index contributed by atoms with van der Waals surface area (Å²) in [5, 5.41) is 8.72. The van der Waals surface area contributed by atoms with Crippen molar-refractivity contribution in [1.82, 2.24) is 4.90 Å². The summed E-state index contributed by atoms with van der Waals surface area (Å²) in [6, 6.07) is 20.3. The fraction of sp³-hybridized carbons (Fsp3) is 0.316. The Kier molecular flexibility index (Phi) is 6.78. The number of rotatable bonds is 9. The summed E-state index contributed by atoms with van der Waals surface area (Å²) in [4.78, 5) is 12.6. The summed E-state index contributed by atoms with van der Waals surface area (Å²) in [5.41, 5.74) is 2.23. The molecule has 0 aliphatic heterocycles. The van der Waals surface area contributed by atoms with Crippen molar-refractivity contribution < 1.29 is 14.6 Å². The van der Waals surface area contributed by atoms with Crippen molar-refractivity contribution in [1.29, 1.82) is 0 Å². The first-order valence-corrected chi connectivity index (χ1v) is 7.78. The smallest absolute Gasteiger partial charge is 0.304 e. The van der Waals surface area contributed by atoms with Crippen molar-refractivity contribution in [3.63, 3.8) is 0 Å². The standard InChI is InChI=1S/C19H23NO3/c1-20(13-12-18(21)22)14-15-23-19(16-8-4-2-5-9-16)17-10-6-3-7-11-17/h2-11,19H,12-15H2,1H3,(H,21,22). The van der Waals surface area contributed by atoms with Crippen LogP contribution >= 0.6 is 0 Å². The largest absolute Gasteiger partial charge is 0.481 e. The third kappa shape index (κ3) is 5.85. The maximum Gasteiger partial charge on any atom is 0.304 e. The Balaban J connectivity index is 1.95. The predicted molar refractivity (Wildman–Crippen MR) is 90.4 cm³/mol. The van der Waals surface area contributed by atoms with Gasteiger partial charge in [0.25, 0.3) is 0 Å². The molecule has 2 rings (SSSR count). The molecule has 0 fully saturated rings. The number of carbonyl (C=O) groups is 1. The highest BCUT2D eigenvalue weighted by Crippen LogP contribution is 2.25. The zero-order valence-corrected chi connectivity index (χ0v) is 13.4. The van der Waals surface area contributed by atoms with Crippen LogP contribution in [0.25, 0.3) is 0 Å². The average molecular weight is 313 g/mol. The van der Waals surface area contributed by atoms with Crippen LogP contribution in [0.2, 0.25) is 0 Å². The monoisotopic (exact) mass is 313 g/mol. The van der Waals surface area contributed by atoms with Crippen LogP contribution in [0.5, 0.6) is 0 Å². The minimum absolute atomic E-state index is 0.106. The third-order valence-corrected chi connectivity index (χ3v) is 3.67. The van der Waals surface area contributed by atoms with Gasteiger partial charge in [-0.3, -0.25) is 4.79 Å². The van der Waals surface area contributed by atoms with Gasteiger partial charge >= 0.3 is 5.97 Å². The zero-order chi connectivity index (χ0) is 16.5. The highest BCUT2D eigenvalue weighted by Gasteiger charge is 2.14. The number of carboxylic acid groups (broad SMARTS) is 1. The SMILES string of the molecule is CN(CCOC(c1ccccc1)c1ccccc1)CCC(=O)O. The number of likely N-dealkylation sites (N-methyl/N-ethyl adjacent to an activating group) is 1. The molecule has 0 aliphatic rings. The minimum Gasteiger partial charge on any atom is -0.481 e. The molecule has 0 atom stereocenters. The fourth-order valence-electron chi connectivity index (χ4n) is 2.37. The van der Waals surface area contributed by atoms with Gasteiger partial charge < -0.3 is 14.7 Å². The van der Waals surface area contributed by atoms with Crippen LogP contribution in [0, 0.1) is 0 Å². The molecule has 2 aromatic rings. The quantitative estimate of drug-likeness (QED) is 0.772. The summed E-state index contributed by atoms with van der Waals surface area (Å²) in [7, 11) is 1.91. The van der Waals surface area contributed by atoms with Gasteiger partial charge in [-0.1, -0.05) is 60.7 Å². The first-order valence-electron chi connectivity index (χ1n) is 7.78. The molecule has 0 bridgehead atoms. The van der Waals surface area contributed by atoms with E-state index in [1.165, 1.54) is 0 Å². The van der Waals surface area contributed by atoms with Gasteiger partial charge in [-0.25, -0.2) is 0 Å². The lowest BCUT2D eigenvalue weighted by Gasteiger charge is -2.21. The second-order valence-electron chi connectivity index (χ2n) is 5.52. The summed E-state index contributed by atoms with van der Waals surface area (Å²) in [5.74, 6) is -0.774. The van der Waals surface area contributed by atoms with Gasteiger partial charge in [0.05, 0.1) is 13.0 Å². The van der Waals surface area contributed by atoms with Crippen LogP contribution in [0.4, 0.5) is 0 Å². The Bertz CT molecular complexity index is 547. The first-order chi connectivity index (χ1) is 11.2. The van der Waals surface area contributed by atoms with Crippen molar-refractivity contribution in [3.8, 4) is 0 Å². The molecule has 0 unspecified atom stereocenters. The highest BCUT2D eigenvalue weighted by molar-refractivity contribution is 5.66. The number of hydrogen-bond donors (Lipinski definition) is 1. The van der Waals surface area contributed by atoms with E-state index in [0.717, 1.165) is 11.1 Å². The fourth-order valence-corrected chi connectivity index (χ4v) is 2.37. The van der Waals surface area contributed by atoms with Gasteiger partial charge in [0, 0.05) is 13.1 Å². The number of aliphatic carboxylic acids is 1. The third-order valence-electron chi connectivity index (χ3n) is 3.67. The van der Waals surface area contributed by atoms with Crippen molar-refractivity contribution in [2.45, 2.75) is 12.5 Å². The normalized spacial score (nSPS) is 11.1. The molecule has 23 heavy (non-hydrogen) atoms. The van der Waals surface area contributed by atoms with Crippen molar-refractivity contribution in [2.75, 3.05) is 26.7 Å². The molecular weight excluding hydrogens is 290 g/mol. The molecule has 0 heterocycles. The first kappa shape index (κ1) is 17.2. The van der Waals surface area contributed by atoms with Crippen LogP contribution in [0.3, 0.4) is 0 Å². The van der Waals surface area contributed by atoms with E-state index in [-0.39, 0.29) is 12.5 Å². The van der Waals surface area contributed by atoms with Crippen molar-refractivity contribution >= 4 is 5.97 Å². The van der Waals surface area contributed by atoms with Gasteiger partial charge in [0.15, 0.2) is 0 Å². The van der Waals surface area contributed by atoms with Gasteiger partial charge in [-0.15, -0.1) is 0 Å². The summed E-state index contributed by atoms with van der Waals surface area (Å²) < 4.78 is 6.10. The van der Waals surface area contributed by atoms with E-state index in [1.807, 2.05) is 48.3 Å². The molecule has 4 nitrogen and oxygen atoms in total. The molecule has 0 saturated carbocycles. The maximum atomic E-state index is 10.6. The summed E-state index contributed by atoms with van der Waals surface area (Å²) in [6.07, 6.45) is 0.0439. The summed E-state index contributed by atoms with van der Waals surface area (Å²) in [6.45, 7) is 1.77. The molecule has 2 aromatic carbocycles. The number of nitrogens with zero attached hydrogens (tertiary/aromatic N) is 1. The lowest BCUT2D eigenvalue weighted by Crippen LogP contribution is -2.26. The van der Waals surface area contributed by atoms with Crippen LogP contribution in [0.1, 0.15) is 23.7 Å². The number of benzene rings is 2. The molecule has 0 aromatic heterocycles. The Hall–Kier alpha value is -2.17. The Morgan fingerprint density at radius 1 is 1.00 bits per heavy atom. The molecule has 1 N–H and O–H groups in total. The number of carboxylic acids is 1. The topological polar surface area (TPSA) is 49.8 Å². The van der Waals surface area contributed by atoms with E-state index < -0.39 is 5.97 Å². The van der Waals surface area contributed by atoms with Crippen LogP contribution in [0.15, 0.2) is 60.7 Å². The van der Waals surface area contributed by atoms with Crippen molar-refractivity contribution in [3.05, 3.63) is 71.8 Å². The highest BCUT2D eigenvalue weighted by atomic mass is 16.5. The molecule has 0 amide bonds. The van der Waals surface area contributed by atoms with E-state index in [1.54, 1.807) is 0 Å². The van der Waals surface area contributed by atoms with E-state index >= 15 is 0 Å². The van der Waals surface area contributed by atoms with E-state index in [4.69, 9.17) is 9.84 Å². The maximum absolute atomic E-state index is 10.6. The van der Waals surface area contributed by atoms with Gasteiger partial charge in [0.1, 0.15) is 6.10 Å².